The molecule has 1 saturated heterocycles. The molecule has 22 heavy (non-hydrogen) atoms. The third-order valence-corrected chi connectivity index (χ3v) is 6.82. The van der Waals surface area contributed by atoms with Gasteiger partial charge in [-0.05, 0) is 18.4 Å². The second-order valence-electron chi connectivity index (χ2n) is 5.41. The predicted molar refractivity (Wildman–Crippen MR) is 86.3 cm³/mol. The molecule has 0 amide bonds. The molecule has 0 radical (unpaired) electrons. The normalized spacial score (nSPS) is 17.5. The van der Waals surface area contributed by atoms with Crippen molar-refractivity contribution in [2.24, 2.45) is 0 Å². The lowest BCUT2D eigenvalue weighted by Gasteiger charge is -2.25. The van der Waals surface area contributed by atoms with Gasteiger partial charge < -0.3 is 0 Å². The Balaban J connectivity index is 1.84. The standard InChI is InChI=1S/C14H22N2O4S2/c17-21(18,13-14-7-3-1-4-8-14)15-9-12-22(19,20)16-10-5-2-6-11-16/h1,3-4,7-8,15H,2,5-6,9-13H2. The van der Waals surface area contributed by atoms with Crippen LogP contribution in [0.1, 0.15) is 24.8 Å². The van der Waals surface area contributed by atoms with Crippen LogP contribution in [0.25, 0.3) is 0 Å². The van der Waals surface area contributed by atoms with Crippen LogP contribution in [0.5, 0.6) is 0 Å². The Morgan fingerprint density at radius 1 is 0.955 bits per heavy atom. The minimum Gasteiger partial charge on any atom is -0.214 e. The van der Waals surface area contributed by atoms with E-state index in [0.29, 0.717) is 18.7 Å². The summed E-state index contributed by atoms with van der Waals surface area (Å²) in [7, 11) is -6.89. The highest BCUT2D eigenvalue weighted by Gasteiger charge is 2.24. The minimum atomic E-state index is -3.52. The first kappa shape index (κ1) is 17.4. The number of hydrogen-bond donors (Lipinski definition) is 1. The summed E-state index contributed by atoms with van der Waals surface area (Å²) in [5, 5.41) is 0. The van der Waals surface area contributed by atoms with Crippen LogP contribution in [-0.2, 0) is 25.8 Å². The maximum Gasteiger partial charge on any atom is 0.215 e. The van der Waals surface area contributed by atoms with E-state index in [9.17, 15) is 16.8 Å². The molecule has 1 heterocycles. The van der Waals surface area contributed by atoms with Gasteiger partial charge in [-0.2, -0.15) is 0 Å². The highest BCUT2D eigenvalue weighted by atomic mass is 32.2. The summed E-state index contributed by atoms with van der Waals surface area (Å²) in [5.74, 6) is -0.335. The lowest BCUT2D eigenvalue weighted by atomic mass is 10.2. The van der Waals surface area contributed by atoms with Gasteiger partial charge in [-0.25, -0.2) is 25.9 Å². The molecule has 1 N–H and O–H groups in total. The van der Waals surface area contributed by atoms with Crippen molar-refractivity contribution < 1.29 is 16.8 Å². The zero-order chi connectivity index (χ0) is 16.1. The van der Waals surface area contributed by atoms with Crippen LogP contribution in [0.3, 0.4) is 0 Å². The molecule has 0 saturated carbocycles. The maximum atomic E-state index is 12.1. The number of nitrogens with zero attached hydrogens (tertiary/aromatic N) is 1. The van der Waals surface area contributed by atoms with E-state index < -0.39 is 20.0 Å². The maximum absolute atomic E-state index is 12.1. The Kier molecular flexibility index (Phi) is 5.96. The number of piperidine rings is 1. The van der Waals surface area contributed by atoms with Crippen molar-refractivity contribution in [3.8, 4) is 0 Å². The molecule has 1 aliphatic rings. The number of rotatable bonds is 7. The molecule has 124 valence electrons. The van der Waals surface area contributed by atoms with Gasteiger partial charge in [0.1, 0.15) is 0 Å². The van der Waals surface area contributed by atoms with Crippen LogP contribution in [0.2, 0.25) is 0 Å². The Morgan fingerprint density at radius 2 is 1.59 bits per heavy atom. The van der Waals surface area contributed by atoms with E-state index in [2.05, 4.69) is 4.72 Å². The van der Waals surface area contributed by atoms with Crippen molar-refractivity contribution in [3.63, 3.8) is 0 Å². The summed E-state index contributed by atoms with van der Waals surface area (Å²) < 4.78 is 52.0. The zero-order valence-corrected chi connectivity index (χ0v) is 14.1. The van der Waals surface area contributed by atoms with Gasteiger partial charge in [-0.1, -0.05) is 36.8 Å². The second-order valence-corrected chi connectivity index (χ2v) is 9.31. The molecule has 1 aromatic carbocycles. The third-order valence-electron chi connectivity index (χ3n) is 3.59. The molecule has 0 spiro atoms. The van der Waals surface area contributed by atoms with Gasteiger partial charge in [0.25, 0.3) is 0 Å². The highest BCUT2D eigenvalue weighted by molar-refractivity contribution is 7.89. The number of benzene rings is 1. The van der Waals surface area contributed by atoms with Crippen molar-refractivity contribution in [3.05, 3.63) is 35.9 Å². The van der Waals surface area contributed by atoms with E-state index in [-0.39, 0.29) is 18.1 Å². The SMILES string of the molecule is O=S(=O)(Cc1ccccc1)NCCS(=O)(=O)N1CCCCC1. The van der Waals surface area contributed by atoms with E-state index in [1.165, 1.54) is 4.31 Å². The van der Waals surface area contributed by atoms with Crippen LogP contribution in [-0.4, -0.2) is 46.5 Å². The summed E-state index contributed by atoms with van der Waals surface area (Å²) in [6.45, 7) is 0.992. The predicted octanol–water partition coefficient (Wildman–Crippen LogP) is 0.922. The summed E-state index contributed by atoms with van der Waals surface area (Å²) in [5.41, 5.74) is 0.675. The van der Waals surface area contributed by atoms with E-state index in [1.54, 1.807) is 24.3 Å². The van der Waals surface area contributed by atoms with Gasteiger partial charge in [0.2, 0.25) is 20.0 Å². The Labute approximate surface area is 132 Å². The van der Waals surface area contributed by atoms with Gasteiger partial charge in [0, 0.05) is 19.6 Å². The molecule has 6 nitrogen and oxygen atoms in total. The number of hydrogen-bond acceptors (Lipinski definition) is 4. The third kappa shape index (κ3) is 5.35. The summed E-state index contributed by atoms with van der Waals surface area (Å²) >= 11 is 0. The average Bonchev–Trinajstić information content (AvgIpc) is 2.48. The Hall–Kier alpha value is -0.960. The van der Waals surface area contributed by atoms with Gasteiger partial charge in [-0.3, -0.25) is 0 Å². The van der Waals surface area contributed by atoms with E-state index in [0.717, 1.165) is 19.3 Å². The fourth-order valence-electron chi connectivity index (χ4n) is 2.44. The lowest BCUT2D eigenvalue weighted by Crippen LogP contribution is -2.40. The lowest BCUT2D eigenvalue weighted by molar-refractivity contribution is 0.346. The molecule has 0 aromatic heterocycles. The zero-order valence-electron chi connectivity index (χ0n) is 12.4. The van der Waals surface area contributed by atoms with Crippen LogP contribution in [0.4, 0.5) is 0 Å². The molecule has 8 heteroatoms. The molecule has 0 atom stereocenters. The van der Waals surface area contributed by atoms with Crippen molar-refractivity contribution in [1.29, 1.82) is 0 Å². The minimum absolute atomic E-state index is 0.0893. The first-order chi connectivity index (χ1) is 10.4. The van der Waals surface area contributed by atoms with Gasteiger partial charge in [0.05, 0.1) is 11.5 Å². The molecular formula is C14H22N2O4S2. The van der Waals surface area contributed by atoms with Gasteiger partial charge in [-0.15, -0.1) is 0 Å². The molecule has 1 aromatic rings. The fourth-order valence-corrected chi connectivity index (χ4v) is 5.15. The molecule has 2 rings (SSSR count). The first-order valence-corrected chi connectivity index (χ1v) is 10.6. The van der Waals surface area contributed by atoms with Gasteiger partial charge in [0.15, 0.2) is 0 Å². The Morgan fingerprint density at radius 3 is 2.23 bits per heavy atom. The molecule has 0 aliphatic carbocycles. The van der Waals surface area contributed by atoms with Crippen LogP contribution < -0.4 is 4.72 Å². The summed E-state index contributed by atoms with van der Waals surface area (Å²) in [6, 6.07) is 8.81. The van der Waals surface area contributed by atoms with E-state index >= 15 is 0 Å². The van der Waals surface area contributed by atoms with Crippen molar-refractivity contribution >= 4 is 20.0 Å². The summed E-state index contributed by atoms with van der Waals surface area (Å²) in [4.78, 5) is 0. The fraction of sp³-hybridized carbons (Fsp3) is 0.571. The molecular weight excluding hydrogens is 324 g/mol. The first-order valence-electron chi connectivity index (χ1n) is 7.38. The van der Waals surface area contributed by atoms with Crippen LogP contribution >= 0.6 is 0 Å². The quantitative estimate of drug-likeness (QED) is 0.796. The summed E-state index contributed by atoms with van der Waals surface area (Å²) in [6.07, 6.45) is 2.80. The Bertz CT molecular complexity index is 666. The smallest absolute Gasteiger partial charge is 0.214 e. The average molecular weight is 346 g/mol. The van der Waals surface area contributed by atoms with E-state index in [1.807, 2.05) is 6.07 Å². The van der Waals surface area contributed by atoms with Crippen molar-refractivity contribution in [2.75, 3.05) is 25.4 Å². The van der Waals surface area contributed by atoms with Crippen molar-refractivity contribution in [1.82, 2.24) is 9.03 Å². The van der Waals surface area contributed by atoms with Crippen LogP contribution in [0, 0.1) is 0 Å². The highest BCUT2D eigenvalue weighted by Crippen LogP contribution is 2.13. The van der Waals surface area contributed by atoms with Crippen LogP contribution in [0.15, 0.2) is 30.3 Å². The van der Waals surface area contributed by atoms with Crippen molar-refractivity contribution in [2.45, 2.75) is 25.0 Å². The monoisotopic (exact) mass is 346 g/mol. The number of nitrogens with one attached hydrogen (secondary N) is 1. The largest absolute Gasteiger partial charge is 0.215 e. The topological polar surface area (TPSA) is 83.5 Å². The molecule has 0 bridgehead atoms. The number of sulfonamides is 2. The molecule has 1 aliphatic heterocycles. The molecule has 0 unspecified atom stereocenters. The molecule has 1 fully saturated rings. The van der Waals surface area contributed by atoms with E-state index in [4.69, 9.17) is 0 Å². The second kappa shape index (κ2) is 7.54. The van der Waals surface area contributed by atoms with Gasteiger partial charge >= 0.3 is 0 Å².